The third-order valence-corrected chi connectivity index (χ3v) is 2.14. The van der Waals surface area contributed by atoms with Crippen LogP contribution in [-0.4, -0.2) is 31.2 Å². The molecule has 0 spiro atoms. The number of aromatic nitrogens is 1. The molecule has 0 bridgehead atoms. The van der Waals surface area contributed by atoms with Crippen molar-refractivity contribution in [2.24, 2.45) is 0 Å². The molecule has 14 heavy (non-hydrogen) atoms. The first-order chi connectivity index (χ1) is 6.97. The molecule has 1 saturated heterocycles. The summed E-state index contributed by atoms with van der Waals surface area (Å²) >= 11 is 0. The van der Waals surface area contributed by atoms with E-state index >= 15 is 0 Å². The third kappa shape index (κ3) is 3.00. The predicted molar refractivity (Wildman–Crippen MR) is 60.7 cm³/mol. The number of piperazine rings is 1. The molecular weight excluding hydrogens is 174 g/mol. The molecule has 0 aromatic carbocycles. The van der Waals surface area contributed by atoms with E-state index in [2.05, 4.69) is 27.3 Å². The largest absolute Gasteiger partial charge is 0.369 e. The maximum atomic E-state index is 4.00. The highest BCUT2D eigenvalue weighted by molar-refractivity contribution is 5.44. The number of rotatable bonds is 1. The summed E-state index contributed by atoms with van der Waals surface area (Å²) in [6.07, 6.45) is 3.69. The van der Waals surface area contributed by atoms with E-state index in [1.54, 1.807) is 0 Å². The second-order valence-corrected chi connectivity index (χ2v) is 2.94. The predicted octanol–water partition coefficient (Wildman–Crippen LogP) is 1.52. The number of hydrogen-bond acceptors (Lipinski definition) is 3. The van der Waals surface area contributed by atoms with Crippen LogP contribution < -0.4 is 10.2 Å². The van der Waals surface area contributed by atoms with Crippen LogP contribution >= 0.6 is 0 Å². The quantitative estimate of drug-likeness (QED) is 0.733. The smallest absolute Gasteiger partial charge is 0.0397 e. The zero-order valence-corrected chi connectivity index (χ0v) is 9.03. The van der Waals surface area contributed by atoms with Gasteiger partial charge in [-0.15, -0.1) is 0 Å². The standard InChI is InChI=1S/C9H13N3.C2H6/c1-3-10-4-2-9(1)12-7-5-11-6-8-12;1-2/h1-4,11H,5-8H2;1-2H3. The molecule has 0 saturated carbocycles. The summed E-state index contributed by atoms with van der Waals surface area (Å²) < 4.78 is 0. The van der Waals surface area contributed by atoms with E-state index in [1.807, 2.05) is 26.2 Å². The molecule has 0 amide bonds. The van der Waals surface area contributed by atoms with Gasteiger partial charge in [0.15, 0.2) is 0 Å². The molecule has 0 unspecified atom stereocenters. The summed E-state index contributed by atoms with van der Waals surface area (Å²) in [5.41, 5.74) is 1.28. The molecular formula is C11H19N3. The summed E-state index contributed by atoms with van der Waals surface area (Å²) in [4.78, 5) is 6.37. The van der Waals surface area contributed by atoms with Crippen LogP contribution in [0, 0.1) is 0 Å². The second kappa shape index (κ2) is 6.38. The molecule has 78 valence electrons. The number of pyridine rings is 1. The van der Waals surface area contributed by atoms with Gasteiger partial charge >= 0.3 is 0 Å². The minimum atomic E-state index is 1.09. The molecule has 1 aliphatic rings. The Bertz CT molecular complexity index is 230. The molecule has 2 rings (SSSR count). The Hall–Kier alpha value is -1.09. The molecule has 0 aliphatic carbocycles. The molecule has 1 aromatic rings. The minimum Gasteiger partial charge on any atom is -0.369 e. The minimum absolute atomic E-state index is 1.09. The van der Waals surface area contributed by atoms with Crippen LogP contribution in [0.5, 0.6) is 0 Å². The van der Waals surface area contributed by atoms with E-state index in [-0.39, 0.29) is 0 Å². The highest BCUT2D eigenvalue weighted by Gasteiger charge is 2.08. The molecule has 1 fully saturated rings. The third-order valence-electron chi connectivity index (χ3n) is 2.14. The summed E-state index contributed by atoms with van der Waals surface area (Å²) in [6, 6.07) is 4.12. The van der Waals surface area contributed by atoms with Crippen molar-refractivity contribution in [1.29, 1.82) is 0 Å². The second-order valence-electron chi connectivity index (χ2n) is 2.94. The van der Waals surface area contributed by atoms with Crippen LogP contribution in [0.15, 0.2) is 24.5 Å². The lowest BCUT2D eigenvalue weighted by Crippen LogP contribution is -2.43. The van der Waals surface area contributed by atoms with E-state index in [9.17, 15) is 0 Å². The van der Waals surface area contributed by atoms with E-state index < -0.39 is 0 Å². The first-order valence-electron chi connectivity index (χ1n) is 5.32. The lowest BCUT2D eigenvalue weighted by atomic mass is 10.3. The number of nitrogens with one attached hydrogen (secondary N) is 1. The first kappa shape index (κ1) is 11.0. The Morgan fingerprint density at radius 1 is 1.14 bits per heavy atom. The Balaban J connectivity index is 0.000000461. The highest BCUT2D eigenvalue weighted by Crippen LogP contribution is 2.11. The van der Waals surface area contributed by atoms with E-state index in [0.717, 1.165) is 26.2 Å². The van der Waals surface area contributed by atoms with Gasteiger partial charge in [0.1, 0.15) is 0 Å². The van der Waals surface area contributed by atoms with Crippen molar-refractivity contribution in [3.05, 3.63) is 24.5 Å². The molecule has 0 atom stereocenters. The number of nitrogens with zero attached hydrogens (tertiary/aromatic N) is 2. The Kier molecular flexibility index (Phi) is 5.00. The van der Waals surface area contributed by atoms with E-state index in [4.69, 9.17) is 0 Å². The van der Waals surface area contributed by atoms with Gasteiger partial charge in [-0.3, -0.25) is 4.98 Å². The average Bonchev–Trinajstić information content (AvgIpc) is 2.34. The summed E-state index contributed by atoms with van der Waals surface area (Å²) in [5.74, 6) is 0. The fraction of sp³-hybridized carbons (Fsp3) is 0.545. The van der Waals surface area contributed by atoms with Gasteiger partial charge in [0.2, 0.25) is 0 Å². The topological polar surface area (TPSA) is 28.2 Å². The molecule has 3 nitrogen and oxygen atoms in total. The van der Waals surface area contributed by atoms with Gasteiger partial charge < -0.3 is 10.2 Å². The lowest BCUT2D eigenvalue weighted by molar-refractivity contribution is 0.589. The summed E-state index contributed by atoms with van der Waals surface area (Å²) in [5, 5.41) is 3.33. The van der Waals surface area contributed by atoms with Crippen molar-refractivity contribution in [2.75, 3.05) is 31.1 Å². The zero-order valence-electron chi connectivity index (χ0n) is 9.03. The zero-order chi connectivity index (χ0) is 10.2. The van der Waals surface area contributed by atoms with Crippen molar-refractivity contribution < 1.29 is 0 Å². The van der Waals surface area contributed by atoms with Gasteiger partial charge in [0, 0.05) is 44.3 Å². The summed E-state index contributed by atoms with van der Waals surface area (Å²) in [7, 11) is 0. The van der Waals surface area contributed by atoms with Gasteiger partial charge in [-0.1, -0.05) is 13.8 Å². The van der Waals surface area contributed by atoms with Gasteiger partial charge in [-0.25, -0.2) is 0 Å². The van der Waals surface area contributed by atoms with Crippen molar-refractivity contribution >= 4 is 5.69 Å². The first-order valence-corrected chi connectivity index (χ1v) is 5.32. The van der Waals surface area contributed by atoms with Gasteiger partial charge in [0.25, 0.3) is 0 Å². The highest BCUT2D eigenvalue weighted by atomic mass is 15.2. The molecule has 2 heterocycles. The number of anilines is 1. The van der Waals surface area contributed by atoms with Crippen LogP contribution in [0.4, 0.5) is 5.69 Å². The van der Waals surface area contributed by atoms with Crippen LogP contribution in [0.2, 0.25) is 0 Å². The SMILES string of the molecule is CC.c1cc(N2CCNCC2)ccn1. The maximum absolute atomic E-state index is 4.00. The van der Waals surface area contributed by atoms with Gasteiger partial charge in [-0.05, 0) is 12.1 Å². The van der Waals surface area contributed by atoms with Crippen LogP contribution in [0.1, 0.15) is 13.8 Å². The van der Waals surface area contributed by atoms with Crippen LogP contribution in [-0.2, 0) is 0 Å². The average molecular weight is 193 g/mol. The monoisotopic (exact) mass is 193 g/mol. The Labute approximate surface area is 86.2 Å². The van der Waals surface area contributed by atoms with Gasteiger partial charge in [0.05, 0.1) is 0 Å². The summed E-state index contributed by atoms with van der Waals surface area (Å²) in [6.45, 7) is 8.37. The van der Waals surface area contributed by atoms with Crippen molar-refractivity contribution in [3.63, 3.8) is 0 Å². The lowest BCUT2D eigenvalue weighted by Gasteiger charge is -2.29. The number of hydrogen-bond donors (Lipinski definition) is 1. The fourth-order valence-electron chi connectivity index (χ4n) is 1.48. The fourth-order valence-corrected chi connectivity index (χ4v) is 1.48. The van der Waals surface area contributed by atoms with E-state index in [1.165, 1.54) is 5.69 Å². The normalized spacial score (nSPS) is 15.7. The van der Waals surface area contributed by atoms with Gasteiger partial charge in [-0.2, -0.15) is 0 Å². The van der Waals surface area contributed by atoms with Crippen LogP contribution in [0.3, 0.4) is 0 Å². The van der Waals surface area contributed by atoms with Crippen molar-refractivity contribution in [3.8, 4) is 0 Å². The Morgan fingerprint density at radius 3 is 2.29 bits per heavy atom. The maximum Gasteiger partial charge on any atom is 0.0397 e. The Morgan fingerprint density at radius 2 is 1.71 bits per heavy atom. The molecule has 1 aliphatic heterocycles. The molecule has 1 N–H and O–H groups in total. The van der Waals surface area contributed by atoms with E-state index in [0.29, 0.717) is 0 Å². The molecule has 1 aromatic heterocycles. The van der Waals surface area contributed by atoms with Crippen LogP contribution in [0.25, 0.3) is 0 Å². The molecule has 0 radical (unpaired) electrons. The van der Waals surface area contributed by atoms with Crippen molar-refractivity contribution in [2.45, 2.75) is 13.8 Å². The van der Waals surface area contributed by atoms with Crippen molar-refractivity contribution in [1.82, 2.24) is 10.3 Å². The molecule has 3 heteroatoms.